The molecule has 150 valence electrons. The first-order chi connectivity index (χ1) is 12.9. The van der Waals surface area contributed by atoms with Gasteiger partial charge in [0.25, 0.3) is 10.0 Å². The summed E-state index contributed by atoms with van der Waals surface area (Å²) in [5, 5.41) is 0. The third-order valence-electron chi connectivity index (χ3n) is 4.44. The SMILES string of the molecule is CC(=O)N1c2cc(S(=O)(=O)Nc3ccc(C(F)(F)F)cc3)c(Br)cc2C[C@@H]1C. The van der Waals surface area contributed by atoms with Gasteiger partial charge in [0.1, 0.15) is 4.90 Å². The summed E-state index contributed by atoms with van der Waals surface area (Å²) >= 11 is 3.24. The van der Waals surface area contributed by atoms with Gasteiger partial charge in [-0.05, 0) is 71.2 Å². The molecule has 1 aliphatic rings. The number of fused-ring (bicyclic) bond motifs is 1. The summed E-state index contributed by atoms with van der Waals surface area (Å²) < 4.78 is 66.1. The molecule has 1 heterocycles. The van der Waals surface area contributed by atoms with Crippen molar-refractivity contribution in [2.75, 3.05) is 9.62 Å². The Morgan fingerprint density at radius 3 is 2.36 bits per heavy atom. The number of hydrogen-bond donors (Lipinski definition) is 1. The summed E-state index contributed by atoms with van der Waals surface area (Å²) in [6.45, 7) is 3.27. The van der Waals surface area contributed by atoms with E-state index < -0.39 is 21.8 Å². The van der Waals surface area contributed by atoms with Gasteiger partial charge < -0.3 is 4.90 Å². The molecule has 0 radical (unpaired) electrons. The van der Waals surface area contributed by atoms with Crippen molar-refractivity contribution in [3.8, 4) is 0 Å². The lowest BCUT2D eigenvalue weighted by atomic mass is 10.1. The zero-order chi connectivity index (χ0) is 20.9. The molecule has 0 spiro atoms. The van der Waals surface area contributed by atoms with Crippen LogP contribution in [0, 0.1) is 0 Å². The molecule has 1 aliphatic heterocycles. The highest BCUT2D eigenvalue weighted by atomic mass is 79.9. The molecule has 10 heteroatoms. The molecule has 1 amide bonds. The second-order valence-electron chi connectivity index (χ2n) is 6.53. The molecule has 5 nitrogen and oxygen atoms in total. The van der Waals surface area contributed by atoms with E-state index in [9.17, 15) is 26.4 Å². The van der Waals surface area contributed by atoms with Crippen LogP contribution >= 0.6 is 15.9 Å². The van der Waals surface area contributed by atoms with E-state index in [1.54, 1.807) is 6.07 Å². The van der Waals surface area contributed by atoms with E-state index in [-0.39, 0.29) is 22.5 Å². The molecule has 3 rings (SSSR count). The first kappa shape index (κ1) is 20.7. The first-order valence-electron chi connectivity index (χ1n) is 8.22. The van der Waals surface area contributed by atoms with Crippen LogP contribution in [0.2, 0.25) is 0 Å². The Balaban J connectivity index is 1.96. The maximum Gasteiger partial charge on any atom is 0.416 e. The molecule has 0 aromatic heterocycles. The molecular weight excluding hydrogens is 461 g/mol. The molecule has 1 N–H and O–H groups in total. The number of carbonyl (C=O) groups excluding carboxylic acids is 1. The Morgan fingerprint density at radius 2 is 1.82 bits per heavy atom. The number of rotatable bonds is 3. The minimum Gasteiger partial charge on any atom is -0.309 e. The molecule has 28 heavy (non-hydrogen) atoms. The smallest absolute Gasteiger partial charge is 0.309 e. The summed E-state index contributed by atoms with van der Waals surface area (Å²) in [6, 6.07) is 6.65. The normalized spacial score (nSPS) is 16.8. The zero-order valence-corrected chi connectivity index (χ0v) is 17.2. The number of nitrogens with zero attached hydrogens (tertiary/aromatic N) is 1. The lowest BCUT2D eigenvalue weighted by molar-refractivity contribution is -0.137. The Morgan fingerprint density at radius 1 is 1.21 bits per heavy atom. The fourth-order valence-electron chi connectivity index (χ4n) is 3.24. The number of alkyl halides is 3. The van der Waals surface area contributed by atoms with Gasteiger partial charge in [-0.1, -0.05) is 0 Å². The van der Waals surface area contributed by atoms with E-state index in [2.05, 4.69) is 20.7 Å². The highest BCUT2D eigenvalue weighted by Gasteiger charge is 2.32. The summed E-state index contributed by atoms with van der Waals surface area (Å²) in [7, 11) is -4.10. The minimum atomic E-state index is -4.51. The standard InChI is InChI=1S/C18H16BrF3N2O3S/c1-10-7-12-8-15(19)17(9-16(12)24(10)11(2)25)28(26,27)23-14-5-3-13(4-6-14)18(20,21)22/h3-6,8-10,23H,7H2,1-2H3/t10-/m0/s1. The van der Waals surface area contributed by atoms with Gasteiger partial charge in [0.2, 0.25) is 5.91 Å². The first-order valence-corrected chi connectivity index (χ1v) is 10.5. The van der Waals surface area contributed by atoms with E-state index in [0.717, 1.165) is 29.8 Å². The number of halogens is 4. The van der Waals surface area contributed by atoms with Crippen molar-refractivity contribution < 1.29 is 26.4 Å². The molecule has 0 saturated carbocycles. The van der Waals surface area contributed by atoms with E-state index in [0.29, 0.717) is 16.6 Å². The van der Waals surface area contributed by atoms with Crippen LogP contribution in [0.3, 0.4) is 0 Å². The number of nitrogens with one attached hydrogen (secondary N) is 1. The van der Waals surface area contributed by atoms with Crippen LogP contribution in [0.25, 0.3) is 0 Å². The fraction of sp³-hybridized carbons (Fsp3) is 0.278. The predicted molar refractivity (Wildman–Crippen MR) is 103 cm³/mol. The Labute approximate surface area is 168 Å². The van der Waals surface area contributed by atoms with Crippen molar-refractivity contribution in [3.63, 3.8) is 0 Å². The van der Waals surface area contributed by atoms with Crippen LogP contribution in [0.1, 0.15) is 25.0 Å². The molecule has 0 fully saturated rings. The maximum atomic E-state index is 12.8. The fourth-order valence-corrected chi connectivity index (χ4v) is 5.41. The third-order valence-corrected chi connectivity index (χ3v) is 6.78. The van der Waals surface area contributed by atoms with Crippen LogP contribution in [0.4, 0.5) is 24.5 Å². The largest absolute Gasteiger partial charge is 0.416 e. The molecule has 0 bridgehead atoms. The molecule has 1 atom stereocenters. The number of sulfonamides is 1. The summed E-state index contributed by atoms with van der Waals surface area (Å²) in [4.78, 5) is 13.3. The number of hydrogen-bond acceptors (Lipinski definition) is 3. The number of amides is 1. The molecule has 2 aromatic rings. The summed E-state index contributed by atoms with van der Waals surface area (Å²) in [6.07, 6.45) is -3.91. The summed E-state index contributed by atoms with van der Waals surface area (Å²) in [5.74, 6) is -0.201. The van der Waals surface area contributed by atoms with Crippen molar-refractivity contribution in [1.82, 2.24) is 0 Å². The Kier molecular flexibility index (Phi) is 5.22. The Hall–Kier alpha value is -2.07. The van der Waals surface area contributed by atoms with Crippen LogP contribution in [-0.2, 0) is 27.4 Å². The lowest BCUT2D eigenvalue weighted by Crippen LogP contribution is -2.33. The van der Waals surface area contributed by atoms with Gasteiger partial charge in [-0.25, -0.2) is 8.42 Å². The van der Waals surface area contributed by atoms with E-state index in [1.807, 2.05) is 6.92 Å². The highest BCUT2D eigenvalue weighted by molar-refractivity contribution is 9.10. The van der Waals surface area contributed by atoms with Crippen molar-refractivity contribution in [1.29, 1.82) is 0 Å². The van der Waals surface area contributed by atoms with Crippen molar-refractivity contribution in [3.05, 3.63) is 52.0 Å². The van der Waals surface area contributed by atoms with Crippen LogP contribution < -0.4 is 9.62 Å². The average molecular weight is 477 g/mol. The molecular formula is C18H16BrF3N2O3S. The predicted octanol–water partition coefficient (Wildman–Crippen LogP) is 4.57. The molecule has 0 saturated heterocycles. The quantitative estimate of drug-likeness (QED) is 0.705. The molecule has 0 aliphatic carbocycles. The van der Waals surface area contributed by atoms with Crippen LogP contribution in [-0.4, -0.2) is 20.4 Å². The second kappa shape index (κ2) is 7.07. The Bertz CT molecular complexity index is 1040. The van der Waals surface area contributed by atoms with E-state index in [4.69, 9.17) is 0 Å². The highest BCUT2D eigenvalue weighted by Crippen LogP contribution is 2.38. The van der Waals surface area contributed by atoms with Crippen molar-refractivity contribution >= 4 is 43.2 Å². The van der Waals surface area contributed by atoms with Gasteiger partial charge in [0.05, 0.1) is 5.56 Å². The molecule has 2 aromatic carbocycles. The number of anilines is 2. The van der Waals surface area contributed by atoms with E-state index in [1.165, 1.54) is 17.9 Å². The van der Waals surface area contributed by atoms with Gasteiger partial charge in [-0.2, -0.15) is 13.2 Å². The maximum absolute atomic E-state index is 12.8. The average Bonchev–Trinajstić information content (AvgIpc) is 2.88. The monoisotopic (exact) mass is 476 g/mol. The lowest BCUT2D eigenvalue weighted by Gasteiger charge is -2.21. The van der Waals surface area contributed by atoms with Crippen LogP contribution in [0.15, 0.2) is 45.8 Å². The van der Waals surface area contributed by atoms with Gasteiger partial charge in [-0.3, -0.25) is 9.52 Å². The third kappa shape index (κ3) is 3.88. The van der Waals surface area contributed by atoms with Gasteiger partial charge >= 0.3 is 6.18 Å². The van der Waals surface area contributed by atoms with Crippen molar-refractivity contribution in [2.24, 2.45) is 0 Å². The van der Waals surface area contributed by atoms with E-state index >= 15 is 0 Å². The van der Waals surface area contributed by atoms with Gasteiger partial charge in [-0.15, -0.1) is 0 Å². The van der Waals surface area contributed by atoms with Gasteiger partial charge in [0, 0.05) is 28.8 Å². The van der Waals surface area contributed by atoms with Crippen LogP contribution in [0.5, 0.6) is 0 Å². The second-order valence-corrected chi connectivity index (χ2v) is 9.04. The van der Waals surface area contributed by atoms with Gasteiger partial charge in [0.15, 0.2) is 0 Å². The topological polar surface area (TPSA) is 66.5 Å². The van der Waals surface area contributed by atoms with Crippen molar-refractivity contribution in [2.45, 2.75) is 37.4 Å². The molecule has 0 unspecified atom stereocenters. The minimum absolute atomic E-state index is 0.00260. The summed E-state index contributed by atoms with van der Waals surface area (Å²) in [5.41, 5.74) is 0.469. The zero-order valence-electron chi connectivity index (χ0n) is 14.8. The number of benzene rings is 2. The number of carbonyl (C=O) groups is 1.